The lowest BCUT2D eigenvalue weighted by Gasteiger charge is -2.17. The molecule has 1 fully saturated rings. The average molecular weight is 355 g/mol. The van der Waals surface area contributed by atoms with Crippen LogP contribution in [0.3, 0.4) is 0 Å². The third kappa shape index (κ3) is 5.00. The van der Waals surface area contributed by atoms with Gasteiger partial charge in [-0.05, 0) is 56.0 Å². The molecule has 2 N–H and O–H groups in total. The number of rotatable bonds is 6. The molecule has 4 nitrogen and oxygen atoms in total. The van der Waals surface area contributed by atoms with E-state index in [9.17, 15) is 4.79 Å². The highest BCUT2D eigenvalue weighted by atomic mass is 79.9. The molecule has 1 aromatic carbocycles. The molecule has 116 valence electrons. The zero-order valence-electron chi connectivity index (χ0n) is 12.5. The molecule has 1 heterocycles. The maximum Gasteiger partial charge on any atom is 0.261 e. The van der Waals surface area contributed by atoms with E-state index in [2.05, 4.69) is 33.5 Å². The minimum Gasteiger partial charge on any atom is -0.481 e. The van der Waals surface area contributed by atoms with Crippen molar-refractivity contribution in [3.8, 4) is 5.75 Å². The topological polar surface area (TPSA) is 50.4 Å². The Labute approximate surface area is 134 Å². The number of benzene rings is 1. The Kier molecular flexibility index (Phi) is 6.51. The van der Waals surface area contributed by atoms with Crippen molar-refractivity contribution in [2.45, 2.75) is 45.3 Å². The first-order valence-corrected chi connectivity index (χ1v) is 8.43. The van der Waals surface area contributed by atoms with Gasteiger partial charge in [-0.1, -0.05) is 22.9 Å². The molecule has 1 saturated heterocycles. The van der Waals surface area contributed by atoms with Crippen LogP contribution in [-0.2, 0) is 11.3 Å². The predicted molar refractivity (Wildman–Crippen MR) is 87.4 cm³/mol. The van der Waals surface area contributed by atoms with Gasteiger partial charge in [0.05, 0.1) is 0 Å². The molecule has 1 unspecified atom stereocenters. The molecule has 5 heteroatoms. The molecule has 1 amide bonds. The molecule has 1 aliphatic rings. The average Bonchev–Trinajstić information content (AvgIpc) is 2.68. The Balaban J connectivity index is 2.02. The Morgan fingerprint density at radius 1 is 1.43 bits per heavy atom. The second-order valence-corrected chi connectivity index (χ2v) is 6.18. The Morgan fingerprint density at radius 3 is 3.10 bits per heavy atom. The maximum absolute atomic E-state index is 11.9. The largest absolute Gasteiger partial charge is 0.481 e. The summed E-state index contributed by atoms with van der Waals surface area (Å²) < 4.78 is 6.95. The van der Waals surface area contributed by atoms with Gasteiger partial charge in [0.1, 0.15) is 5.75 Å². The van der Waals surface area contributed by atoms with Crippen LogP contribution in [0, 0.1) is 0 Å². The third-order valence-corrected chi connectivity index (χ3v) is 4.30. The third-order valence-electron chi connectivity index (χ3n) is 3.52. The minimum absolute atomic E-state index is 0.000997. The van der Waals surface area contributed by atoms with Gasteiger partial charge in [-0.2, -0.15) is 0 Å². The van der Waals surface area contributed by atoms with Gasteiger partial charge in [0, 0.05) is 17.6 Å². The van der Waals surface area contributed by atoms with E-state index in [1.54, 1.807) is 0 Å². The lowest BCUT2D eigenvalue weighted by Crippen LogP contribution is -2.36. The minimum atomic E-state index is -0.370. The van der Waals surface area contributed by atoms with E-state index in [1.165, 1.54) is 0 Å². The van der Waals surface area contributed by atoms with E-state index < -0.39 is 0 Å². The normalized spacial score (nSPS) is 19.0. The summed E-state index contributed by atoms with van der Waals surface area (Å²) in [4.78, 5) is 11.9. The quantitative estimate of drug-likeness (QED) is 0.772. The summed E-state index contributed by atoms with van der Waals surface area (Å²) in [5.74, 6) is 0.759. The molecule has 21 heavy (non-hydrogen) atoms. The van der Waals surface area contributed by atoms with Crippen LogP contribution >= 0.6 is 15.9 Å². The summed E-state index contributed by atoms with van der Waals surface area (Å²) in [7, 11) is 0. The van der Waals surface area contributed by atoms with Gasteiger partial charge in [0.2, 0.25) is 0 Å². The van der Waals surface area contributed by atoms with Crippen LogP contribution in [0.1, 0.15) is 38.2 Å². The fourth-order valence-electron chi connectivity index (χ4n) is 2.35. The van der Waals surface area contributed by atoms with Crippen molar-refractivity contribution >= 4 is 21.8 Å². The van der Waals surface area contributed by atoms with Crippen molar-refractivity contribution in [1.82, 2.24) is 10.6 Å². The fourth-order valence-corrected chi connectivity index (χ4v) is 2.73. The Hall–Kier alpha value is -1.07. The molecular weight excluding hydrogens is 332 g/mol. The van der Waals surface area contributed by atoms with Crippen LogP contribution in [0.4, 0.5) is 0 Å². The first-order chi connectivity index (χ1) is 10.2. The Bertz CT molecular complexity index is 479. The van der Waals surface area contributed by atoms with Gasteiger partial charge in [0.15, 0.2) is 6.10 Å². The van der Waals surface area contributed by atoms with Gasteiger partial charge >= 0.3 is 0 Å². The van der Waals surface area contributed by atoms with E-state index in [0.717, 1.165) is 61.1 Å². The van der Waals surface area contributed by atoms with E-state index in [4.69, 9.17) is 4.74 Å². The van der Waals surface area contributed by atoms with Crippen molar-refractivity contribution in [2.24, 2.45) is 0 Å². The zero-order valence-corrected chi connectivity index (χ0v) is 14.0. The van der Waals surface area contributed by atoms with Gasteiger partial charge in [-0.3, -0.25) is 4.79 Å². The molecule has 0 bridgehead atoms. The molecule has 1 atom stereocenters. The summed E-state index contributed by atoms with van der Waals surface area (Å²) in [6, 6.07) is 5.89. The number of carbonyl (C=O) groups is 1. The summed E-state index contributed by atoms with van der Waals surface area (Å²) in [5, 5.41) is 6.27. The number of ether oxygens (including phenoxy) is 1. The van der Waals surface area contributed by atoms with Crippen LogP contribution in [0.2, 0.25) is 0 Å². The van der Waals surface area contributed by atoms with E-state index >= 15 is 0 Å². The van der Waals surface area contributed by atoms with Crippen molar-refractivity contribution in [2.75, 3.05) is 13.1 Å². The molecule has 2 rings (SSSR count). The van der Waals surface area contributed by atoms with Crippen molar-refractivity contribution in [1.29, 1.82) is 0 Å². The number of amides is 1. The van der Waals surface area contributed by atoms with Gasteiger partial charge in [-0.25, -0.2) is 0 Å². The summed E-state index contributed by atoms with van der Waals surface area (Å²) in [6.07, 6.45) is 3.56. The number of hydrogen-bond acceptors (Lipinski definition) is 3. The molecule has 0 spiro atoms. The van der Waals surface area contributed by atoms with Crippen molar-refractivity contribution < 1.29 is 9.53 Å². The number of hydrogen-bond donors (Lipinski definition) is 2. The lowest BCUT2D eigenvalue weighted by atomic mass is 10.1. The molecule has 1 aromatic rings. The molecular formula is C16H23BrN2O2. The number of carbonyl (C=O) groups excluding carboxylic acids is 1. The van der Waals surface area contributed by atoms with Crippen molar-refractivity contribution in [3.63, 3.8) is 0 Å². The molecule has 1 aliphatic heterocycles. The standard InChI is InChI=1S/C16H23BrN2O2/c1-2-8-18-11-12-10-13(6-7-14(12)17)21-15-5-3-4-9-19-16(15)20/h6-7,10,15,18H,2-5,8-9,11H2,1H3,(H,19,20). The van der Waals surface area contributed by atoms with Crippen LogP contribution in [0.25, 0.3) is 0 Å². The number of nitrogens with one attached hydrogen (secondary N) is 2. The van der Waals surface area contributed by atoms with Gasteiger partial charge in [0.25, 0.3) is 5.91 Å². The highest BCUT2D eigenvalue weighted by Crippen LogP contribution is 2.24. The van der Waals surface area contributed by atoms with E-state index in [1.807, 2.05) is 18.2 Å². The fraction of sp³-hybridized carbons (Fsp3) is 0.562. The second-order valence-electron chi connectivity index (χ2n) is 5.32. The molecule has 0 saturated carbocycles. The molecule has 0 radical (unpaired) electrons. The zero-order chi connectivity index (χ0) is 15.1. The van der Waals surface area contributed by atoms with Gasteiger partial charge < -0.3 is 15.4 Å². The monoisotopic (exact) mass is 354 g/mol. The summed E-state index contributed by atoms with van der Waals surface area (Å²) >= 11 is 3.56. The summed E-state index contributed by atoms with van der Waals surface area (Å²) in [6.45, 7) is 4.68. The maximum atomic E-state index is 11.9. The second kappa shape index (κ2) is 8.39. The SMILES string of the molecule is CCCNCc1cc(OC2CCCCNC2=O)ccc1Br. The van der Waals surface area contributed by atoms with Gasteiger partial charge in [-0.15, -0.1) is 0 Å². The first kappa shape index (κ1) is 16.3. The van der Waals surface area contributed by atoms with E-state index in [-0.39, 0.29) is 12.0 Å². The molecule has 0 aliphatic carbocycles. The van der Waals surface area contributed by atoms with Crippen molar-refractivity contribution in [3.05, 3.63) is 28.2 Å². The van der Waals surface area contributed by atoms with Crippen LogP contribution in [0.15, 0.2) is 22.7 Å². The summed E-state index contributed by atoms with van der Waals surface area (Å²) in [5.41, 5.74) is 1.15. The van der Waals surface area contributed by atoms with Crippen LogP contribution < -0.4 is 15.4 Å². The van der Waals surface area contributed by atoms with Crippen LogP contribution in [0.5, 0.6) is 5.75 Å². The highest BCUT2D eigenvalue weighted by Gasteiger charge is 2.22. The smallest absolute Gasteiger partial charge is 0.261 e. The predicted octanol–water partition coefficient (Wildman–Crippen LogP) is 3.00. The Morgan fingerprint density at radius 2 is 2.29 bits per heavy atom. The van der Waals surface area contributed by atoms with E-state index in [0.29, 0.717) is 0 Å². The lowest BCUT2D eigenvalue weighted by molar-refractivity contribution is -0.127. The first-order valence-electron chi connectivity index (χ1n) is 7.64. The highest BCUT2D eigenvalue weighted by molar-refractivity contribution is 9.10. The number of halogens is 1. The molecule has 0 aromatic heterocycles. The van der Waals surface area contributed by atoms with Crippen LogP contribution in [-0.4, -0.2) is 25.1 Å².